The molecule has 0 spiro atoms. The average molecular weight is 1160 g/mol. The molecule has 484 valence electrons. The number of hydrogen-bond donors (Lipinski definition) is 0. The van der Waals surface area contributed by atoms with Crippen molar-refractivity contribution >= 4 is 17.9 Å². The van der Waals surface area contributed by atoms with Crippen molar-refractivity contribution < 1.29 is 28.6 Å². The SMILES string of the molecule is CC/C=C\C/C=C\C/C=C\C/C=C\C/C=C\CCCCCCCCCCCCCCCCCCCC(=O)OCC(COC(=O)CCCCCCCCCCCC)OC(=O)CCCCCCCCCCCCCCCCCCCCCCCC. The highest BCUT2D eigenvalue weighted by atomic mass is 16.6. The van der Waals surface area contributed by atoms with E-state index in [2.05, 4.69) is 81.5 Å². The molecule has 1 unspecified atom stereocenters. The van der Waals surface area contributed by atoms with Gasteiger partial charge >= 0.3 is 17.9 Å². The molecule has 0 fully saturated rings. The van der Waals surface area contributed by atoms with Crippen LogP contribution in [-0.4, -0.2) is 37.2 Å². The van der Waals surface area contributed by atoms with Crippen molar-refractivity contribution in [1.29, 1.82) is 0 Å². The first-order valence-electron chi connectivity index (χ1n) is 36.8. The van der Waals surface area contributed by atoms with Crippen LogP contribution in [0.15, 0.2) is 60.8 Å². The third-order valence-electron chi connectivity index (χ3n) is 16.5. The monoisotopic (exact) mass is 1160 g/mol. The Bertz CT molecular complexity index is 1470. The predicted molar refractivity (Wildman–Crippen MR) is 362 cm³/mol. The number of rotatable bonds is 68. The fraction of sp³-hybridized carbons (Fsp3) is 0.831. The molecule has 0 aliphatic carbocycles. The van der Waals surface area contributed by atoms with E-state index in [9.17, 15) is 14.4 Å². The molecule has 6 nitrogen and oxygen atoms in total. The second-order valence-corrected chi connectivity index (χ2v) is 24.8. The summed E-state index contributed by atoms with van der Waals surface area (Å²) in [7, 11) is 0. The molecule has 0 radical (unpaired) electrons. The van der Waals surface area contributed by atoms with Crippen molar-refractivity contribution in [2.75, 3.05) is 13.2 Å². The van der Waals surface area contributed by atoms with Crippen LogP contribution < -0.4 is 0 Å². The zero-order valence-electron chi connectivity index (χ0n) is 55.7. The first-order chi connectivity index (χ1) is 41.0. The minimum Gasteiger partial charge on any atom is -0.462 e. The van der Waals surface area contributed by atoms with Gasteiger partial charge in [-0.3, -0.25) is 14.4 Å². The summed E-state index contributed by atoms with van der Waals surface area (Å²) in [6.07, 6.45) is 92.7. The van der Waals surface area contributed by atoms with Crippen LogP contribution in [0.3, 0.4) is 0 Å². The highest BCUT2D eigenvalue weighted by Crippen LogP contribution is 2.19. The normalized spacial score (nSPS) is 12.4. The number of allylic oxidation sites excluding steroid dienone is 10. The molecule has 6 heteroatoms. The quantitative estimate of drug-likeness (QED) is 0.0261. The Morgan fingerprint density at radius 3 is 0.735 bits per heavy atom. The summed E-state index contributed by atoms with van der Waals surface area (Å²) in [4.78, 5) is 38.4. The number of hydrogen-bond acceptors (Lipinski definition) is 6. The second kappa shape index (κ2) is 71.6. The first kappa shape index (κ1) is 80.1. The number of carbonyl (C=O) groups excluding carboxylic acids is 3. The third kappa shape index (κ3) is 69.8. The lowest BCUT2D eigenvalue weighted by molar-refractivity contribution is -0.167. The van der Waals surface area contributed by atoms with E-state index in [4.69, 9.17) is 14.2 Å². The van der Waals surface area contributed by atoms with Crippen LogP contribution in [0.2, 0.25) is 0 Å². The molecule has 0 rings (SSSR count). The fourth-order valence-electron chi connectivity index (χ4n) is 11.1. The van der Waals surface area contributed by atoms with Crippen molar-refractivity contribution in [3.63, 3.8) is 0 Å². The average Bonchev–Trinajstić information content (AvgIpc) is 3.49. The smallest absolute Gasteiger partial charge is 0.306 e. The van der Waals surface area contributed by atoms with Crippen LogP contribution in [0.5, 0.6) is 0 Å². The lowest BCUT2D eigenvalue weighted by atomic mass is 10.0. The zero-order valence-corrected chi connectivity index (χ0v) is 55.7. The van der Waals surface area contributed by atoms with Crippen LogP contribution in [0, 0.1) is 0 Å². The topological polar surface area (TPSA) is 78.9 Å². The maximum atomic E-state index is 12.9. The van der Waals surface area contributed by atoms with Gasteiger partial charge in [0.25, 0.3) is 0 Å². The van der Waals surface area contributed by atoms with Crippen molar-refractivity contribution in [2.24, 2.45) is 0 Å². The molecule has 1 atom stereocenters. The Morgan fingerprint density at radius 1 is 0.253 bits per heavy atom. The Morgan fingerprint density at radius 2 is 0.470 bits per heavy atom. The second-order valence-electron chi connectivity index (χ2n) is 24.8. The highest BCUT2D eigenvalue weighted by Gasteiger charge is 2.19. The minimum atomic E-state index is -0.769. The van der Waals surface area contributed by atoms with Gasteiger partial charge in [-0.25, -0.2) is 0 Å². The van der Waals surface area contributed by atoms with Crippen molar-refractivity contribution in [2.45, 2.75) is 399 Å². The summed E-state index contributed by atoms with van der Waals surface area (Å²) in [5.74, 6) is -0.839. The molecular weight excluding hydrogens is 1020 g/mol. The number of carbonyl (C=O) groups is 3. The lowest BCUT2D eigenvalue weighted by Crippen LogP contribution is -2.30. The van der Waals surface area contributed by atoms with Gasteiger partial charge in [0.15, 0.2) is 6.10 Å². The van der Waals surface area contributed by atoms with Gasteiger partial charge in [0, 0.05) is 19.3 Å². The predicted octanol–water partition coefficient (Wildman–Crippen LogP) is 25.5. The Kier molecular flexibility index (Phi) is 69.1. The number of ether oxygens (including phenoxy) is 3. The van der Waals surface area contributed by atoms with E-state index in [-0.39, 0.29) is 31.1 Å². The van der Waals surface area contributed by atoms with E-state index in [1.54, 1.807) is 0 Å². The Hall–Kier alpha value is -2.89. The molecule has 0 bridgehead atoms. The molecule has 0 saturated carbocycles. The summed E-state index contributed by atoms with van der Waals surface area (Å²) in [6.45, 7) is 6.59. The summed E-state index contributed by atoms with van der Waals surface area (Å²) < 4.78 is 17.0. The van der Waals surface area contributed by atoms with Crippen LogP contribution in [0.1, 0.15) is 393 Å². The molecule has 83 heavy (non-hydrogen) atoms. The molecule has 0 aliphatic rings. The first-order valence-corrected chi connectivity index (χ1v) is 36.8. The van der Waals surface area contributed by atoms with E-state index in [0.717, 1.165) is 89.9 Å². The summed E-state index contributed by atoms with van der Waals surface area (Å²) in [5, 5.41) is 0. The van der Waals surface area contributed by atoms with Crippen LogP contribution in [0.4, 0.5) is 0 Å². The molecule has 0 N–H and O–H groups in total. The van der Waals surface area contributed by atoms with E-state index in [1.165, 1.54) is 263 Å². The summed E-state index contributed by atoms with van der Waals surface area (Å²) in [5.41, 5.74) is 0. The van der Waals surface area contributed by atoms with E-state index >= 15 is 0 Å². The molecule has 0 aromatic rings. The van der Waals surface area contributed by atoms with Gasteiger partial charge in [0.1, 0.15) is 13.2 Å². The molecular formula is C77H140O6. The fourth-order valence-corrected chi connectivity index (χ4v) is 11.1. The van der Waals surface area contributed by atoms with Gasteiger partial charge in [0.2, 0.25) is 0 Å². The van der Waals surface area contributed by atoms with E-state index in [1.807, 2.05) is 0 Å². The molecule has 0 heterocycles. The Balaban J connectivity index is 4.09. The van der Waals surface area contributed by atoms with Gasteiger partial charge in [-0.15, -0.1) is 0 Å². The van der Waals surface area contributed by atoms with Crippen LogP contribution in [-0.2, 0) is 28.6 Å². The maximum absolute atomic E-state index is 12.9. The summed E-state index contributed by atoms with van der Waals surface area (Å²) >= 11 is 0. The van der Waals surface area contributed by atoms with Gasteiger partial charge in [-0.05, 0) is 64.2 Å². The zero-order chi connectivity index (χ0) is 59.9. The van der Waals surface area contributed by atoms with Crippen LogP contribution >= 0.6 is 0 Å². The largest absolute Gasteiger partial charge is 0.462 e. The van der Waals surface area contributed by atoms with Gasteiger partial charge in [-0.1, -0.05) is 370 Å². The van der Waals surface area contributed by atoms with E-state index in [0.29, 0.717) is 19.3 Å². The van der Waals surface area contributed by atoms with Gasteiger partial charge < -0.3 is 14.2 Å². The van der Waals surface area contributed by atoms with Gasteiger partial charge in [0.05, 0.1) is 0 Å². The highest BCUT2D eigenvalue weighted by molar-refractivity contribution is 5.71. The minimum absolute atomic E-state index is 0.0662. The Labute approximate surface area is 517 Å². The van der Waals surface area contributed by atoms with Gasteiger partial charge in [-0.2, -0.15) is 0 Å². The molecule has 0 saturated heterocycles. The molecule has 0 aliphatic heterocycles. The third-order valence-corrected chi connectivity index (χ3v) is 16.5. The lowest BCUT2D eigenvalue weighted by Gasteiger charge is -2.18. The maximum Gasteiger partial charge on any atom is 0.306 e. The van der Waals surface area contributed by atoms with Crippen molar-refractivity contribution in [3.8, 4) is 0 Å². The van der Waals surface area contributed by atoms with Crippen LogP contribution in [0.25, 0.3) is 0 Å². The molecule has 0 aromatic carbocycles. The standard InChI is InChI=1S/C77H140O6/c1-4-7-10-13-16-19-22-24-26-28-30-32-34-35-36-37-38-39-40-41-42-43-44-46-47-49-51-53-55-58-61-64-67-70-76(79)82-73-74(72-81-75(78)69-66-63-60-57-21-18-15-12-9-6-3)83-77(80)71-68-65-62-59-56-54-52-50-48-45-33-31-29-27-25-23-20-17-14-11-8-5-2/h7,10,16,19,24,26,30,32,35-36,74H,4-6,8-9,11-15,17-18,20-23,25,27-29,31,33-34,37-73H2,1-3H3/b10-7-,19-16-,26-24-,32-30-,36-35-. The molecule has 0 aromatic heterocycles. The number of esters is 3. The summed E-state index contributed by atoms with van der Waals surface area (Å²) in [6, 6.07) is 0. The molecule has 0 amide bonds. The van der Waals surface area contributed by atoms with E-state index < -0.39 is 6.10 Å². The van der Waals surface area contributed by atoms with Crippen molar-refractivity contribution in [3.05, 3.63) is 60.8 Å². The van der Waals surface area contributed by atoms with Crippen molar-refractivity contribution in [1.82, 2.24) is 0 Å². The number of unbranched alkanes of at least 4 members (excludes halogenated alkanes) is 47.